The van der Waals surface area contributed by atoms with E-state index in [-0.39, 0.29) is 0 Å². The fourth-order valence-electron chi connectivity index (χ4n) is 2.88. The number of para-hydroxylation sites is 1. The van der Waals surface area contributed by atoms with E-state index in [0.29, 0.717) is 6.04 Å². The molecule has 0 spiro atoms. The van der Waals surface area contributed by atoms with E-state index < -0.39 is 0 Å². The second-order valence-corrected chi connectivity index (χ2v) is 5.66. The molecule has 1 saturated heterocycles. The highest BCUT2D eigenvalue weighted by molar-refractivity contribution is 9.09. The van der Waals surface area contributed by atoms with Gasteiger partial charge in [0, 0.05) is 30.4 Å². The zero-order valence-electron chi connectivity index (χ0n) is 10.6. The lowest BCUT2D eigenvalue weighted by Gasteiger charge is -2.21. The average Bonchev–Trinajstić information content (AvgIpc) is 2.96. The molecule has 0 N–H and O–H groups in total. The van der Waals surface area contributed by atoms with Crippen LogP contribution >= 0.6 is 15.9 Å². The number of alkyl halides is 1. The molecule has 96 valence electrons. The molecule has 0 amide bonds. The summed E-state index contributed by atoms with van der Waals surface area (Å²) in [5.74, 6) is 0. The van der Waals surface area contributed by atoms with Gasteiger partial charge in [-0.25, -0.2) is 0 Å². The van der Waals surface area contributed by atoms with Crippen LogP contribution < -0.4 is 0 Å². The van der Waals surface area contributed by atoms with Crippen molar-refractivity contribution in [3.05, 3.63) is 30.0 Å². The highest BCUT2D eigenvalue weighted by Gasteiger charge is 2.24. The van der Waals surface area contributed by atoms with Crippen LogP contribution in [-0.4, -0.2) is 32.6 Å². The van der Waals surface area contributed by atoms with Crippen molar-refractivity contribution in [3.63, 3.8) is 0 Å². The molecule has 0 aliphatic carbocycles. The predicted octanol–water partition coefficient (Wildman–Crippen LogP) is 2.93. The molecule has 18 heavy (non-hydrogen) atoms. The predicted molar refractivity (Wildman–Crippen MR) is 77.9 cm³/mol. The van der Waals surface area contributed by atoms with Crippen molar-refractivity contribution in [1.82, 2.24) is 14.7 Å². The number of aromatic nitrogens is 2. The van der Waals surface area contributed by atoms with E-state index >= 15 is 0 Å². The molecule has 2 aromatic rings. The highest BCUT2D eigenvalue weighted by Crippen LogP contribution is 2.24. The number of aryl methyl sites for hydroxylation is 1. The Morgan fingerprint density at radius 3 is 3.06 bits per heavy atom. The topological polar surface area (TPSA) is 21.1 Å². The lowest BCUT2D eigenvalue weighted by atomic mass is 10.2. The third-order valence-corrected chi connectivity index (χ3v) is 4.61. The van der Waals surface area contributed by atoms with Crippen LogP contribution in [0.5, 0.6) is 0 Å². The summed E-state index contributed by atoms with van der Waals surface area (Å²) in [6, 6.07) is 9.16. The third-order valence-electron chi connectivity index (χ3n) is 3.86. The van der Waals surface area contributed by atoms with E-state index in [0.717, 1.165) is 11.9 Å². The Kier molecular flexibility index (Phi) is 3.39. The second kappa shape index (κ2) is 5.02. The van der Waals surface area contributed by atoms with Gasteiger partial charge in [-0.15, -0.1) is 0 Å². The Hall–Kier alpha value is -0.870. The molecule has 1 unspecified atom stereocenters. The summed E-state index contributed by atoms with van der Waals surface area (Å²) in [5, 5.41) is 7.04. The van der Waals surface area contributed by atoms with Crippen LogP contribution in [0.15, 0.2) is 24.3 Å². The first-order valence-electron chi connectivity index (χ1n) is 6.50. The Morgan fingerprint density at radius 2 is 2.22 bits per heavy atom. The van der Waals surface area contributed by atoms with E-state index in [1.54, 1.807) is 0 Å². The van der Waals surface area contributed by atoms with Gasteiger partial charge >= 0.3 is 0 Å². The molecule has 1 atom stereocenters. The summed E-state index contributed by atoms with van der Waals surface area (Å²) in [5.41, 5.74) is 2.43. The SMILES string of the molecule is Cn1nc(CN2CCCC2CBr)c2ccccc21. The van der Waals surface area contributed by atoms with Crippen molar-refractivity contribution in [2.24, 2.45) is 7.05 Å². The number of likely N-dealkylation sites (tertiary alicyclic amines) is 1. The molecule has 0 radical (unpaired) electrons. The van der Waals surface area contributed by atoms with Crippen molar-refractivity contribution in [2.75, 3.05) is 11.9 Å². The van der Waals surface area contributed by atoms with Gasteiger partial charge in [-0.2, -0.15) is 5.10 Å². The van der Waals surface area contributed by atoms with Crippen LogP contribution in [0.1, 0.15) is 18.5 Å². The number of halogens is 1. The normalized spacial score (nSPS) is 20.9. The number of nitrogens with zero attached hydrogens (tertiary/aromatic N) is 3. The summed E-state index contributed by atoms with van der Waals surface area (Å²) in [6.07, 6.45) is 2.61. The van der Waals surface area contributed by atoms with Crippen molar-refractivity contribution in [1.29, 1.82) is 0 Å². The largest absolute Gasteiger partial charge is 0.294 e. The molecule has 1 aliphatic rings. The van der Waals surface area contributed by atoms with E-state index in [4.69, 9.17) is 0 Å². The molecular formula is C14H18BrN3. The van der Waals surface area contributed by atoms with Gasteiger partial charge in [0.15, 0.2) is 0 Å². The van der Waals surface area contributed by atoms with Crippen molar-refractivity contribution in [3.8, 4) is 0 Å². The van der Waals surface area contributed by atoms with E-state index in [2.05, 4.69) is 50.2 Å². The Labute approximate surface area is 116 Å². The van der Waals surface area contributed by atoms with Gasteiger partial charge in [-0.05, 0) is 25.5 Å². The van der Waals surface area contributed by atoms with Crippen LogP contribution in [0.3, 0.4) is 0 Å². The van der Waals surface area contributed by atoms with Crippen molar-refractivity contribution < 1.29 is 0 Å². The maximum Gasteiger partial charge on any atom is 0.0843 e. The Morgan fingerprint density at radius 1 is 1.39 bits per heavy atom. The Balaban J connectivity index is 1.91. The first-order chi connectivity index (χ1) is 8.79. The first-order valence-corrected chi connectivity index (χ1v) is 7.62. The molecule has 1 aromatic heterocycles. The number of hydrogen-bond acceptors (Lipinski definition) is 2. The maximum absolute atomic E-state index is 4.68. The van der Waals surface area contributed by atoms with Crippen molar-refractivity contribution in [2.45, 2.75) is 25.4 Å². The summed E-state index contributed by atoms with van der Waals surface area (Å²) in [7, 11) is 2.03. The minimum atomic E-state index is 0.672. The van der Waals surface area contributed by atoms with Crippen LogP contribution in [0.25, 0.3) is 10.9 Å². The number of benzene rings is 1. The average molecular weight is 308 g/mol. The summed E-state index contributed by atoms with van der Waals surface area (Å²) in [6.45, 7) is 2.17. The maximum atomic E-state index is 4.68. The second-order valence-electron chi connectivity index (χ2n) is 5.01. The van der Waals surface area contributed by atoms with E-state index in [1.807, 2.05) is 11.7 Å². The van der Waals surface area contributed by atoms with Gasteiger partial charge in [0.2, 0.25) is 0 Å². The zero-order chi connectivity index (χ0) is 12.5. The first kappa shape index (κ1) is 12.2. The zero-order valence-corrected chi connectivity index (χ0v) is 12.2. The van der Waals surface area contributed by atoms with Crippen LogP contribution in [0, 0.1) is 0 Å². The summed E-state index contributed by atoms with van der Waals surface area (Å²) >= 11 is 3.62. The molecule has 3 rings (SSSR count). The Bertz CT molecular complexity index is 549. The highest BCUT2D eigenvalue weighted by atomic mass is 79.9. The molecule has 0 bridgehead atoms. The molecule has 0 saturated carbocycles. The molecule has 1 fully saturated rings. The minimum Gasteiger partial charge on any atom is -0.294 e. The smallest absolute Gasteiger partial charge is 0.0843 e. The number of fused-ring (bicyclic) bond motifs is 1. The standard InChI is InChI=1S/C14H18BrN3/c1-17-14-7-3-2-6-12(14)13(16-17)10-18-8-4-5-11(18)9-15/h2-3,6-7,11H,4-5,8-10H2,1H3. The molecular weight excluding hydrogens is 290 g/mol. The fourth-order valence-corrected chi connectivity index (χ4v) is 3.61. The minimum absolute atomic E-state index is 0.672. The van der Waals surface area contributed by atoms with Gasteiger partial charge in [-0.1, -0.05) is 34.1 Å². The van der Waals surface area contributed by atoms with Gasteiger partial charge in [0.05, 0.1) is 11.2 Å². The molecule has 1 aromatic carbocycles. The van der Waals surface area contributed by atoms with Crippen molar-refractivity contribution >= 4 is 26.8 Å². The van der Waals surface area contributed by atoms with Gasteiger partial charge < -0.3 is 0 Å². The lowest BCUT2D eigenvalue weighted by Crippen LogP contribution is -2.30. The lowest BCUT2D eigenvalue weighted by molar-refractivity contribution is 0.262. The molecule has 3 nitrogen and oxygen atoms in total. The van der Waals surface area contributed by atoms with Gasteiger partial charge in [0.1, 0.15) is 0 Å². The van der Waals surface area contributed by atoms with Crippen LogP contribution in [0.2, 0.25) is 0 Å². The quantitative estimate of drug-likeness (QED) is 0.813. The van der Waals surface area contributed by atoms with E-state index in [1.165, 1.54) is 36.0 Å². The van der Waals surface area contributed by atoms with Crippen LogP contribution in [0.4, 0.5) is 0 Å². The molecule has 2 heterocycles. The number of rotatable bonds is 3. The monoisotopic (exact) mass is 307 g/mol. The van der Waals surface area contributed by atoms with Crippen LogP contribution in [-0.2, 0) is 13.6 Å². The summed E-state index contributed by atoms with van der Waals surface area (Å²) < 4.78 is 1.99. The summed E-state index contributed by atoms with van der Waals surface area (Å²) in [4.78, 5) is 2.55. The number of hydrogen-bond donors (Lipinski definition) is 0. The third kappa shape index (κ3) is 2.08. The fraction of sp³-hybridized carbons (Fsp3) is 0.500. The molecule has 4 heteroatoms. The van der Waals surface area contributed by atoms with E-state index in [9.17, 15) is 0 Å². The van der Waals surface area contributed by atoms with Gasteiger partial charge in [0.25, 0.3) is 0 Å². The van der Waals surface area contributed by atoms with Gasteiger partial charge in [-0.3, -0.25) is 9.58 Å². The molecule has 1 aliphatic heterocycles.